The maximum Gasteiger partial charge on any atom is 0.324 e. The maximum atomic E-state index is 13.1. The molecule has 0 spiro atoms. The fraction of sp³-hybridized carbons (Fsp3) is 0.133. The summed E-state index contributed by atoms with van der Waals surface area (Å²) in [6.07, 6.45) is 5.03. The molecule has 0 atom stereocenters. The highest BCUT2D eigenvalue weighted by atomic mass is 32.1. The Bertz CT molecular complexity index is 1810. The number of aromatic amines is 1. The van der Waals surface area contributed by atoms with Crippen molar-refractivity contribution in [3.05, 3.63) is 96.0 Å². The molecule has 4 heterocycles. The van der Waals surface area contributed by atoms with Crippen LogP contribution < -0.4 is 15.4 Å². The number of ether oxygens (including phenoxy) is 1. The highest BCUT2D eigenvalue weighted by Gasteiger charge is 2.22. The minimum Gasteiger partial charge on any atom is -0.439 e. The van der Waals surface area contributed by atoms with Crippen LogP contribution in [0.15, 0.2) is 90.3 Å². The van der Waals surface area contributed by atoms with Crippen LogP contribution in [-0.2, 0) is 5.41 Å². The summed E-state index contributed by atoms with van der Waals surface area (Å²) in [7, 11) is 0. The second kappa shape index (κ2) is 11.3. The number of thiazole rings is 1. The zero-order chi connectivity index (χ0) is 29.1. The second-order valence-corrected chi connectivity index (χ2v) is 11.2. The van der Waals surface area contributed by atoms with E-state index in [-0.39, 0.29) is 5.41 Å². The fourth-order valence-corrected chi connectivity index (χ4v) is 4.69. The molecule has 0 bridgehead atoms. The molecule has 6 rings (SSSR count). The van der Waals surface area contributed by atoms with Crippen LogP contribution in [0, 0.1) is 0 Å². The minimum atomic E-state index is -0.403. The van der Waals surface area contributed by atoms with Gasteiger partial charge in [-0.05, 0) is 42.0 Å². The van der Waals surface area contributed by atoms with E-state index in [1.807, 2.05) is 41.9 Å². The molecule has 4 aromatic heterocycles. The van der Waals surface area contributed by atoms with Crippen LogP contribution in [0.1, 0.15) is 26.5 Å². The van der Waals surface area contributed by atoms with Gasteiger partial charge in [0.2, 0.25) is 5.88 Å². The summed E-state index contributed by atoms with van der Waals surface area (Å²) in [5.41, 5.74) is 7.15. The number of hydrogen-bond donors (Lipinski definition) is 3. The lowest BCUT2D eigenvalue weighted by Gasteiger charge is -2.14. The van der Waals surface area contributed by atoms with E-state index in [4.69, 9.17) is 9.84 Å². The van der Waals surface area contributed by atoms with Gasteiger partial charge in [0, 0.05) is 40.4 Å². The maximum absolute atomic E-state index is 13.1. The monoisotopic (exact) mass is 577 g/mol. The molecular formula is C30H27N9O2S. The van der Waals surface area contributed by atoms with Gasteiger partial charge in [-0.3, -0.25) is 10.4 Å². The van der Waals surface area contributed by atoms with Gasteiger partial charge in [-0.1, -0.05) is 32.9 Å². The summed E-state index contributed by atoms with van der Waals surface area (Å²) >= 11 is 1.49. The third-order valence-electron chi connectivity index (χ3n) is 6.31. The Balaban J connectivity index is 1.17. The molecule has 2 aromatic carbocycles. The number of urea groups is 1. The van der Waals surface area contributed by atoms with Crippen molar-refractivity contribution in [1.82, 2.24) is 34.9 Å². The third kappa shape index (κ3) is 6.03. The highest BCUT2D eigenvalue weighted by Crippen LogP contribution is 2.29. The smallest absolute Gasteiger partial charge is 0.324 e. The van der Waals surface area contributed by atoms with Crippen LogP contribution in [-0.4, -0.2) is 41.0 Å². The number of hydrogen-bond acceptors (Lipinski definition) is 8. The number of aromatic nitrogens is 7. The first-order valence-electron chi connectivity index (χ1n) is 13.1. The SMILES string of the molecule is CC(C)(C)c1cc(NC(=O)Nc2ccc(Oc3cc(-c4cscn4)ncn3)cc2)n(-c2cccc(-c3cn[nH]c3)c2)n1. The van der Waals surface area contributed by atoms with Crippen LogP contribution in [0.2, 0.25) is 0 Å². The van der Waals surface area contributed by atoms with Crippen molar-refractivity contribution >= 4 is 28.9 Å². The van der Waals surface area contributed by atoms with Gasteiger partial charge in [0.05, 0.1) is 34.5 Å². The summed E-state index contributed by atoms with van der Waals surface area (Å²) in [5, 5.41) is 19.5. The molecule has 0 aliphatic carbocycles. The number of rotatable bonds is 7. The molecule has 0 aliphatic heterocycles. The van der Waals surface area contributed by atoms with E-state index in [0.29, 0.717) is 28.8 Å². The van der Waals surface area contributed by atoms with E-state index >= 15 is 0 Å². The van der Waals surface area contributed by atoms with E-state index in [2.05, 4.69) is 56.6 Å². The van der Waals surface area contributed by atoms with Crippen molar-refractivity contribution in [3.8, 4) is 39.8 Å². The lowest BCUT2D eigenvalue weighted by atomic mass is 9.92. The normalized spacial score (nSPS) is 11.3. The van der Waals surface area contributed by atoms with Crippen LogP contribution in [0.25, 0.3) is 28.2 Å². The quantitative estimate of drug-likeness (QED) is 0.188. The summed E-state index contributed by atoms with van der Waals surface area (Å²) in [5.74, 6) is 1.50. The molecule has 0 unspecified atom stereocenters. The van der Waals surface area contributed by atoms with Crippen molar-refractivity contribution < 1.29 is 9.53 Å². The zero-order valence-electron chi connectivity index (χ0n) is 23.1. The Morgan fingerprint density at radius 2 is 1.81 bits per heavy atom. The van der Waals surface area contributed by atoms with Gasteiger partial charge in [0.15, 0.2) is 0 Å². The zero-order valence-corrected chi connectivity index (χ0v) is 23.9. The molecule has 0 radical (unpaired) electrons. The number of amides is 2. The third-order valence-corrected chi connectivity index (χ3v) is 6.90. The van der Waals surface area contributed by atoms with Gasteiger partial charge in [0.25, 0.3) is 0 Å². The van der Waals surface area contributed by atoms with Crippen molar-refractivity contribution in [2.24, 2.45) is 0 Å². The number of carbonyl (C=O) groups is 1. The fourth-order valence-electron chi connectivity index (χ4n) is 4.14. The summed E-state index contributed by atoms with van der Waals surface area (Å²) in [6, 6.07) is 18.1. The van der Waals surface area contributed by atoms with Gasteiger partial charge in [-0.15, -0.1) is 11.3 Å². The number of anilines is 2. The molecule has 0 aliphatic rings. The Labute approximate surface area is 245 Å². The molecule has 0 saturated heterocycles. The Morgan fingerprint density at radius 1 is 0.952 bits per heavy atom. The van der Waals surface area contributed by atoms with Crippen molar-refractivity contribution in [1.29, 1.82) is 0 Å². The number of carbonyl (C=O) groups excluding carboxylic acids is 1. The molecule has 210 valence electrons. The standard InChI is InChI=1S/C30H27N9O2S/c1-30(2,3)26-13-27(39(38-26)22-6-4-5-19(11-22)20-14-34-35-15-20)37-29(40)36-21-7-9-23(10-8-21)41-28-12-24(31-17-32-28)25-16-42-18-33-25/h4-18H,1-3H3,(H,34,35)(H2,36,37,40). The van der Waals surface area contributed by atoms with Crippen LogP contribution in [0.4, 0.5) is 16.3 Å². The molecule has 11 nitrogen and oxygen atoms in total. The average Bonchev–Trinajstić information content (AvgIpc) is 3.77. The first-order chi connectivity index (χ1) is 20.3. The van der Waals surface area contributed by atoms with Crippen molar-refractivity contribution in [2.45, 2.75) is 26.2 Å². The largest absolute Gasteiger partial charge is 0.439 e. The van der Waals surface area contributed by atoms with Gasteiger partial charge in [-0.2, -0.15) is 10.2 Å². The van der Waals surface area contributed by atoms with E-state index < -0.39 is 6.03 Å². The number of nitrogens with one attached hydrogen (secondary N) is 3. The van der Waals surface area contributed by atoms with Crippen LogP contribution in [0.3, 0.4) is 0 Å². The summed E-state index contributed by atoms with van der Waals surface area (Å²) in [6.45, 7) is 6.24. The number of benzene rings is 2. The van der Waals surface area contributed by atoms with E-state index in [9.17, 15) is 4.79 Å². The summed E-state index contributed by atoms with van der Waals surface area (Å²) in [4.78, 5) is 25.8. The van der Waals surface area contributed by atoms with Gasteiger partial charge in [-0.25, -0.2) is 24.4 Å². The Kier molecular flexibility index (Phi) is 7.19. The van der Waals surface area contributed by atoms with E-state index in [0.717, 1.165) is 28.2 Å². The highest BCUT2D eigenvalue weighted by molar-refractivity contribution is 7.07. The Hall–Kier alpha value is -5.36. The van der Waals surface area contributed by atoms with Gasteiger partial charge in [0.1, 0.15) is 17.9 Å². The van der Waals surface area contributed by atoms with Gasteiger partial charge >= 0.3 is 6.03 Å². The minimum absolute atomic E-state index is 0.221. The molecule has 0 fully saturated rings. The molecule has 12 heteroatoms. The van der Waals surface area contributed by atoms with E-state index in [1.54, 1.807) is 46.7 Å². The van der Waals surface area contributed by atoms with Crippen LogP contribution in [0.5, 0.6) is 11.6 Å². The van der Waals surface area contributed by atoms with Crippen molar-refractivity contribution in [2.75, 3.05) is 10.6 Å². The van der Waals surface area contributed by atoms with Gasteiger partial charge < -0.3 is 10.1 Å². The lowest BCUT2D eigenvalue weighted by Crippen LogP contribution is -2.21. The molecule has 3 N–H and O–H groups in total. The lowest BCUT2D eigenvalue weighted by molar-refractivity contribution is 0.262. The number of nitrogens with zero attached hydrogens (tertiary/aromatic N) is 6. The molecular weight excluding hydrogens is 550 g/mol. The molecule has 2 amide bonds. The molecule has 0 saturated carbocycles. The topological polar surface area (TPSA) is 136 Å². The first kappa shape index (κ1) is 26.8. The van der Waals surface area contributed by atoms with Crippen LogP contribution >= 0.6 is 11.3 Å². The first-order valence-corrected chi connectivity index (χ1v) is 14.0. The van der Waals surface area contributed by atoms with Crippen molar-refractivity contribution in [3.63, 3.8) is 0 Å². The average molecular weight is 578 g/mol. The van der Waals surface area contributed by atoms with E-state index in [1.165, 1.54) is 17.7 Å². The predicted molar refractivity (Wildman–Crippen MR) is 162 cm³/mol. The second-order valence-electron chi connectivity index (χ2n) is 10.4. The molecule has 6 aromatic rings. The molecule has 42 heavy (non-hydrogen) atoms. The predicted octanol–water partition coefficient (Wildman–Crippen LogP) is 6.91. The Morgan fingerprint density at radius 3 is 2.55 bits per heavy atom. The summed E-state index contributed by atoms with van der Waals surface area (Å²) < 4.78 is 7.63. The number of H-pyrrole nitrogens is 1.